The molecule has 8 nitrogen and oxygen atoms in total. The van der Waals surface area contributed by atoms with E-state index in [9.17, 15) is 0 Å². The highest BCUT2D eigenvalue weighted by molar-refractivity contribution is 5.96. The van der Waals surface area contributed by atoms with Crippen molar-refractivity contribution in [2.45, 2.75) is 13.5 Å². The van der Waals surface area contributed by atoms with Crippen LogP contribution >= 0.6 is 0 Å². The molecule has 0 radical (unpaired) electrons. The van der Waals surface area contributed by atoms with E-state index in [1.165, 1.54) is 6.33 Å². The Morgan fingerprint density at radius 3 is 2.40 bits per heavy atom. The molecule has 0 aliphatic heterocycles. The Balaban J connectivity index is 2.12. The highest BCUT2D eigenvalue weighted by atomic mass is 16.5. The Morgan fingerprint density at radius 2 is 1.80 bits per heavy atom. The average Bonchev–Trinajstić information content (AvgIpc) is 3.03. The zero-order valence-corrected chi connectivity index (χ0v) is 14.9. The van der Waals surface area contributed by atoms with E-state index < -0.39 is 0 Å². The van der Waals surface area contributed by atoms with Gasteiger partial charge in [-0.15, -0.1) is 0 Å². The largest absolute Gasteiger partial charge is 0.493 e. The van der Waals surface area contributed by atoms with E-state index in [0.29, 0.717) is 29.3 Å². The number of aromatic nitrogens is 3. The monoisotopic (exact) mass is 344 g/mol. The maximum atomic E-state index is 5.51. The molecular formula is C17H20N4O4. The quantitative estimate of drug-likeness (QED) is 0.675. The number of benzene rings is 1. The lowest BCUT2D eigenvalue weighted by atomic mass is 10.1. The molecule has 132 valence electrons. The summed E-state index contributed by atoms with van der Waals surface area (Å²) in [5.41, 5.74) is 1.47. The number of rotatable bonds is 6. The lowest BCUT2D eigenvalue weighted by Crippen LogP contribution is -2.18. The maximum absolute atomic E-state index is 5.51. The molecule has 0 spiro atoms. The minimum absolute atomic E-state index is 0.497. The number of aryl methyl sites for hydroxylation is 1. The van der Waals surface area contributed by atoms with Gasteiger partial charge in [0.2, 0.25) is 5.75 Å². The van der Waals surface area contributed by atoms with Crippen LogP contribution in [0.3, 0.4) is 0 Å². The maximum Gasteiger partial charge on any atom is 0.205 e. The van der Waals surface area contributed by atoms with E-state index in [2.05, 4.69) is 15.1 Å². The van der Waals surface area contributed by atoms with E-state index in [-0.39, 0.29) is 0 Å². The number of ether oxygens (including phenoxy) is 3. The van der Waals surface area contributed by atoms with E-state index in [1.807, 2.05) is 31.0 Å². The topological polar surface area (TPSA) is 82.7 Å². The number of fused-ring (bicyclic) bond motifs is 1. The van der Waals surface area contributed by atoms with Gasteiger partial charge in [-0.05, 0) is 13.0 Å². The molecule has 0 fully saturated rings. The van der Waals surface area contributed by atoms with Crippen molar-refractivity contribution in [2.24, 2.45) is 0 Å². The van der Waals surface area contributed by atoms with Crippen LogP contribution in [0.2, 0.25) is 0 Å². The second-order valence-electron chi connectivity index (χ2n) is 5.52. The molecule has 0 amide bonds. The van der Waals surface area contributed by atoms with Crippen LogP contribution in [0.4, 0.5) is 5.82 Å². The Hall–Kier alpha value is -3.03. The summed E-state index contributed by atoms with van der Waals surface area (Å²) < 4.78 is 21.5. The van der Waals surface area contributed by atoms with Gasteiger partial charge in [-0.2, -0.15) is 0 Å². The third-order valence-corrected chi connectivity index (χ3v) is 3.85. The second-order valence-corrected chi connectivity index (χ2v) is 5.52. The number of methoxy groups -OCH3 is 3. The standard InChI is InChI=1S/C17H20N4O4/c1-10-6-11(20-25-10)8-21(2)17-12-7-13(22-3)15(23-4)16(24-5)14(12)18-9-19-17/h6-7,9H,8H2,1-5H3. The third kappa shape index (κ3) is 3.02. The van der Waals surface area contributed by atoms with Gasteiger partial charge >= 0.3 is 0 Å². The van der Waals surface area contributed by atoms with Gasteiger partial charge in [0.15, 0.2) is 11.5 Å². The molecule has 0 atom stereocenters. The minimum atomic E-state index is 0.497. The molecule has 2 heterocycles. The molecule has 8 heteroatoms. The van der Waals surface area contributed by atoms with Gasteiger partial charge in [0.05, 0.1) is 33.3 Å². The molecule has 1 aromatic carbocycles. The minimum Gasteiger partial charge on any atom is -0.493 e. The fraction of sp³-hybridized carbons (Fsp3) is 0.353. The van der Waals surface area contributed by atoms with Crippen molar-refractivity contribution in [2.75, 3.05) is 33.3 Å². The summed E-state index contributed by atoms with van der Waals surface area (Å²) in [6, 6.07) is 3.74. The molecule has 25 heavy (non-hydrogen) atoms. The first-order valence-electron chi connectivity index (χ1n) is 7.66. The Labute approximate surface area is 145 Å². The molecule has 0 unspecified atom stereocenters. The lowest BCUT2D eigenvalue weighted by molar-refractivity contribution is 0.327. The van der Waals surface area contributed by atoms with Gasteiger partial charge in [-0.3, -0.25) is 0 Å². The summed E-state index contributed by atoms with van der Waals surface area (Å²) in [6.45, 7) is 2.40. The molecule has 3 rings (SSSR count). The number of nitrogens with zero attached hydrogens (tertiary/aromatic N) is 4. The SMILES string of the molecule is COc1cc2c(N(C)Cc3cc(C)on3)ncnc2c(OC)c1OC. The molecule has 3 aromatic rings. The number of anilines is 1. The van der Waals surface area contributed by atoms with E-state index in [0.717, 1.165) is 22.7 Å². The third-order valence-electron chi connectivity index (χ3n) is 3.85. The van der Waals surface area contributed by atoms with E-state index in [1.54, 1.807) is 21.3 Å². The molecule has 0 N–H and O–H groups in total. The van der Waals surface area contributed by atoms with Crippen molar-refractivity contribution < 1.29 is 18.7 Å². The fourth-order valence-electron chi connectivity index (χ4n) is 2.77. The molecule has 0 saturated carbocycles. The van der Waals surface area contributed by atoms with Gasteiger partial charge in [0.25, 0.3) is 0 Å². The van der Waals surface area contributed by atoms with Crippen LogP contribution in [0.25, 0.3) is 10.9 Å². The lowest BCUT2D eigenvalue weighted by Gasteiger charge is -2.20. The van der Waals surface area contributed by atoms with E-state index >= 15 is 0 Å². The summed E-state index contributed by atoms with van der Waals surface area (Å²) in [6.07, 6.45) is 1.50. The summed E-state index contributed by atoms with van der Waals surface area (Å²) in [5.74, 6) is 3.05. The Kier molecular flexibility index (Phi) is 4.60. The molecule has 0 aliphatic rings. The van der Waals surface area contributed by atoms with Crippen LogP contribution in [0.1, 0.15) is 11.5 Å². The van der Waals surface area contributed by atoms with Crippen LogP contribution in [0, 0.1) is 6.92 Å². The summed E-state index contributed by atoms with van der Waals surface area (Å²) in [4.78, 5) is 10.7. The van der Waals surface area contributed by atoms with Gasteiger partial charge in [0, 0.05) is 13.1 Å². The molecule has 0 saturated heterocycles. The Bertz CT molecular complexity index is 894. The summed E-state index contributed by atoms with van der Waals surface area (Å²) in [7, 11) is 6.64. The predicted molar refractivity (Wildman–Crippen MR) is 92.5 cm³/mol. The van der Waals surface area contributed by atoms with E-state index in [4.69, 9.17) is 18.7 Å². The predicted octanol–water partition coefficient (Wildman–Crippen LogP) is 2.59. The van der Waals surface area contributed by atoms with Crippen molar-refractivity contribution >= 4 is 16.7 Å². The smallest absolute Gasteiger partial charge is 0.205 e. The summed E-state index contributed by atoms with van der Waals surface area (Å²) in [5, 5.41) is 4.82. The zero-order chi connectivity index (χ0) is 18.0. The molecule has 0 bridgehead atoms. The van der Waals surface area contributed by atoms with Crippen molar-refractivity contribution in [3.05, 3.63) is 29.9 Å². The highest BCUT2D eigenvalue weighted by Crippen LogP contribution is 2.44. The molecular weight excluding hydrogens is 324 g/mol. The normalized spacial score (nSPS) is 10.8. The van der Waals surface area contributed by atoms with Crippen LogP contribution in [0.15, 0.2) is 23.0 Å². The van der Waals surface area contributed by atoms with Crippen molar-refractivity contribution in [1.82, 2.24) is 15.1 Å². The van der Waals surface area contributed by atoms with Gasteiger partial charge < -0.3 is 23.6 Å². The Morgan fingerprint density at radius 1 is 1.04 bits per heavy atom. The van der Waals surface area contributed by atoms with Gasteiger partial charge in [-0.25, -0.2) is 9.97 Å². The van der Waals surface area contributed by atoms with Crippen LogP contribution < -0.4 is 19.1 Å². The van der Waals surface area contributed by atoms with Gasteiger partial charge in [-0.1, -0.05) is 5.16 Å². The first-order chi connectivity index (χ1) is 12.1. The first kappa shape index (κ1) is 16.8. The van der Waals surface area contributed by atoms with Crippen molar-refractivity contribution in [1.29, 1.82) is 0 Å². The molecule has 2 aromatic heterocycles. The first-order valence-corrected chi connectivity index (χ1v) is 7.66. The fourth-order valence-corrected chi connectivity index (χ4v) is 2.77. The number of hydrogen-bond acceptors (Lipinski definition) is 8. The second kappa shape index (κ2) is 6.84. The average molecular weight is 344 g/mol. The highest BCUT2D eigenvalue weighted by Gasteiger charge is 2.21. The van der Waals surface area contributed by atoms with Crippen LogP contribution in [-0.2, 0) is 6.54 Å². The van der Waals surface area contributed by atoms with Crippen LogP contribution in [0.5, 0.6) is 17.2 Å². The van der Waals surface area contributed by atoms with Crippen molar-refractivity contribution in [3.8, 4) is 17.2 Å². The van der Waals surface area contributed by atoms with Crippen molar-refractivity contribution in [3.63, 3.8) is 0 Å². The zero-order valence-electron chi connectivity index (χ0n) is 14.9. The van der Waals surface area contributed by atoms with Gasteiger partial charge in [0.1, 0.15) is 29.1 Å². The summed E-state index contributed by atoms with van der Waals surface area (Å²) >= 11 is 0. The number of hydrogen-bond donors (Lipinski definition) is 0. The van der Waals surface area contributed by atoms with Crippen LogP contribution in [-0.4, -0.2) is 43.5 Å². The molecule has 0 aliphatic carbocycles.